The SMILES string of the molecule is N=C1C=CC(=Nc2ccc(N)cc2B(O)O)C=C1[B-](O)(O)F. The average Bonchev–Trinajstić information content (AvgIpc) is 2.41. The summed E-state index contributed by atoms with van der Waals surface area (Å²) in [5, 5.41) is 44.1. The molecule has 1 aromatic rings. The van der Waals surface area contributed by atoms with Crippen molar-refractivity contribution in [1.82, 2.24) is 0 Å². The fourth-order valence-corrected chi connectivity index (χ4v) is 1.94. The Morgan fingerprint density at radius 3 is 2.50 bits per heavy atom. The molecule has 0 amide bonds. The van der Waals surface area contributed by atoms with E-state index in [1.165, 1.54) is 24.3 Å². The molecule has 0 unspecified atom stereocenters. The molecular weight excluding hydrogens is 291 g/mol. The summed E-state index contributed by atoms with van der Waals surface area (Å²) in [7, 11) is -1.81. The maximum Gasteiger partial charge on any atom is 0.490 e. The van der Waals surface area contributed by atoms with Crippen LogP contribution in [0.2, 0.25) is 0 Å². The number of halogens is 1. The van der Waals surface area contributed by atoms with Crippen molar-refractivity contribution in [2.75, 3.05) is 5.73 Å². The summed E-state index contributed by atoms with van der Waals surface area (Å²) in [5.41, 5.74) is 5.20. The summed E-state index contributed by atoms with van der Waals surface area (Å²) < 4.78 is 13.3. The molecule has 1 aliphatic carbocycles. The highest BCUT2D eigenvalue weighted by Gasteiger charge is 2.27. The molecule has 22 heavy (non-hydrogen) atoms. The van der Waals surface area contributed by atoms with Crippen LogP contribution < -0.4 is 11.2 Å². The Balaban J connectivity index is 2.48. The van der Waals surface area contributed by atoms with Crippen LogP contribution in [0.15, 0.2) is 46.9 Å². The van der Waals surface area contributed by atoms with Crippen LogP contribution in [0, 0.1) is 5.41 Å². The summed E-state index contributed by atoms with van der Waals surface area (Å²) in [6.07, 6.45) is 3.52. The Kier molecular flexibility index (Phi) is 4.29. The minimum atomic E-state index is -4.33. The molecule has 0 fully saturated rings. The van der Waals surface area contributed by atoms with Crippen LogP contribution in [0.3, 0.4) is 0 Å². The third kappa shape index (κ3) is 3.49. The Morgan fingerprint density at radius 2 is 1.91 bits per heavy atom. The van der Waals surface area contributed by atoms with E-state index >= 15 is 0 Å². The molecule has 0 saturated heterocycles. The molecule has 0 atom stereocenters. The zero-order chi connectivity index (χ0) is 16.5. The first-order chi connectivity index (χ1) is 10.2. The van der Waals surface area contributed by atoms with Gasteiger partial charge in [0.2, 0.25) is 0 Å². The van der Waals surface area contributed by atoms with Gasteiger partial charge in [0.05, 0.1) is 11.4 Å². The monoisotopic (exact) mass is 304 g/mol. The molecule has 2 rings (SSSR count). The highest BCUT2D eigenvalue weighted by molar-refractivity contribution is 6.73. The number of hydrogen-bond donors (Lipinski definition) is 6. The van der Waals surface area contributed by atoms with Gasteiger partial charge in [-0.2, -0.15) is 0 Å². The number of rotatable bonds is 3. The molecule has 10 heteroatoms. The molecule has 0 spiro atoms. The number of nitrogen functional groups attached to an aromatic ring is 1. The van der Waals surface area contributed by atoms with Crippen molar-refractivity contribution < 1.29 is 24.4 Å². The van der Waals surface area contributed by atoms with E-state index in [0.717, 1.165) is 12.2 Å². The van der Waals surface area contributed by atoms with Crippen LogP contribution >= 0.6 is 0 Å². The fourth-order valence-electron chi connectivity index (χ4n) is 1.94. The number of nitrogens with zero attached hydrogens (tertiary/aromatic N) is 1. The summed E-state index contributed by atoms with van der Waals surface area (Å²) >= 11 is 0. The largest absolute Gasteiger partial charge is 0.552 e. The van der Waals surface area contributed by atoms with E-state index in [1.54, 1.807) is 0 Å². The van der Waals surface area contributed by atoms with E-state index in [4.69, 9.17) is 21.2 Å². The number of aliphatic imine (C=N–C) groups is 1. The van der Waals surface area contributed by atoms with Gasteiger partial charge < -0.3 is 35.6 Å². The maximum absolute atomic E-state index is 13.3. The maximum atomic E-state index is 13.3. The first-order valence-corrected chi connectivity index (χ1v) is 6.29. The molecule has 0 aromatic heterocycles. The van der Waals surface area contributed by atoms with E-state index in [1.807, 2.05) is 0 Å². The zero-order valence-electron chi connectivity index (χ0n) is 11.3. The predicted octanol–water partition coefficient (Wildman–Crippen LogP) is -1.03. The average molecular weight is 304 g/mol. The van der Waals surface area contributed by atoms with Crippen molar-refractivity contribution >= 4 is 42.2 Å². The van der Waals surface area contributed by atoms with Gasteiger partial charge in [0, 0.05) is 16.9 Å². The van der Waals surface area contributed by atoms with Crippen molar-refractivity contribution in [2.45, 2.75) is 0 Å². The Morgan fingerprint density at radius 1 is 1.23 bits per heavy atom. The van der Waals surface area contributed by atoms with E-state index in [2.05, 4.69) is 4.99 Å². The topological polar surface area (TPSA) is 143 Å². The third-order valence-corrected chi connectivity index (χ3v) is 3.01. The molecular formula is C12H13B2FN3O4-. The van der Waals surface area contributed by atoms with Crippen molar-refractivity contribution in [2.24, 2.45) is 4.99 Å². The number of nitrogens with one attached hydrogen (secondary N) is 1. The highest BCUT2D eigenvalue weighted by atomic mass is 19.1. The lowest BCUT2D eigenvalue weighted by atomic mass is 9.68. The van der Waals surface area contributed by atoms with Crippen LogP contribution in [0.25, 0.3) is 0 Å². The normalized spacial score (nSPS) is 16.9. The summed E-state index contributed by atoms with van der Waals surface area (Å²) in [6, 6.07) is 4.25. The number of hydrogen-bond acceptors (Lipinski definition) is 7. The summed E-state index contributed by atoms with van der Waals surface area (Å²) in [6.45, 7) is -4.33. The van der Waals surface area contributed by atoms with Crippen LogP contribution in [0.1, 0.15) is 0 Å². The van der Waals surface area contributed by atoms with Crippen LogP contribution in [0.5, 0.6) is 0 Å². The van der Waals surface area contributed by atoms with Crippen molar-refractivity contribution in [1.29, 1.82) is 5.41 Å². The Bertz CT molecular complexity index is 711. The van der Waals surface area contributed by atoms with Crippen LogP contribution in [0.4, 0.5) is 15.7 Å². The van der Waals surface area contributed by atoms with E-state index in [0.29, 0.717) is 5.69 Å². The Labute approximate surface area is 125 Å². The summed E-state index contributed by atoms with van der Waals surface area (Å²) in [4.78, 5) is 4.08. The second-order valence-corrected chi connectivity index (χ2v) is 4.75. The van der Waals surface area contributed by atoms with E-state index < -0.39 is 19.4 Å². The van der Waals surface area contributed by atoms with Gasteiger partial charge in [-0.1, -0.05) is 11.5 Å². The number of nitrogens with two attached hydrogens (primary N) is 1. The van der Waals surface area contributed by atoms with Gasteiger partial charge in [0.1, 0.15) is 0 Å². The van der Waals surface area contributed by atoms with Crippen LogP contribution in [-0.2, 0) is 0 Å². The van der Waals surface area contributed by atoms with Crippen LogP contribution in [-0.4, -0.2) is 45.5 Å². The first kappa shape index (κ1) is 16.1. The van der Waals surface area contributed by atoms with Gasteiger partial charge in [-0.15, -0.1) is 0 Å². The van der Waals surface area contributed by atoms with E-state index in [-0.39, 0.29) is 22.6 Å². The van der Waals surface area contributed by atoms with Crippen molar-refractivity contribution in [3.05, 3.63) is 41.9 Å². The molecule has 0 aliphatic heterocycles. The lowest BCUT2D eigenvalue weighted by Crippen LogP contribution is -2.37. The second kappa shape index (κ2) is 5.85. The molecule has 0 radical (unpaired) electrons. The van der Waals surface area contributed by atoms with Gasteiger partial charge in [0.15, 0.2) is 0 Å². The number of benzene rings is 1. The highest BCUT2D eigenvalue weighted by Crippen LogP contribution is 2.19. The van der Waals surface area contributed by atoms with Gasteiger partial charge in [-0.25, -0.2) is 4.99 Å². The standard InChI is InChI=1S/C12H13B2FN3O4/c15-14(21,22)10-6-8(2-3-11(10)17)18-12-4-1-7(16)5-9(12)13(19)20/h1-6,17,19-22H,16H2/q-1. The summed E-state index contributed by atoms with van der Waals surface area (Å²) in [5.74, 6) is 0. The zero-order valence-corrected chi connectivity index (χ0v) is 11.3. The number of allylic oxidation sites excluding steroid dienone is 4. The molecule has 1 aromatic carbocycles. The molecule has 7 N–H and O–H groups in total. The van der Waals surface area contributed by atoms with Gasteiger partial charge >= 0.3 is 13.9 Å². The smallest absolute Gasteiger partial charge is 0.490 e. The third-order valence-electron chi connectivity index (χ3n) is 3.01. The van der Waals surface area contributed by atoms with Crippen molar-refractivity contribution in [3.8, 4) is 0 Å². The lowest BCUT2D eigenvalue weighted by molar-refractivity contribution is 0.306. The minimum Gasteiger partial charge on any atom is -0.552 e. The van der Waals surface area contributed by atoms with Gasteiger partial charge in [-0.3, -0.25) is 0 Å². The molecule has 1 aliphatic rings. The van der Waals surface area contributed by atoms with Gasteiger partial charge in [0.25, 0.3) is 0 Å². The van der Waals surface area contributed by atoms with E-state index in [9.17, 15) is 14.4 Å². The lowest BCUT2D eigenvalue weighted by Gasteiger charge is -2.24. The fraction of sp³-hybridized carbons (Fsp3) is 0. The predicted molar refractivity (Wildman–Crippen MR) is 84.0 cm³/mol. The quantitative estimate of drug-likeness (QED) is 0.240. The van der Waals surface area contributed by atoms with Gasteiger partial charge in [-0.05, 0) is 30.4 Å². The van der Waals surface area contributed by atoms with Crippen molar-refractivity contribution in [3.63, 3.8) is 0 Å². The molecule has 0 bridgehead atoms. The molecule has 0 saturated carbocycles. The molecule has 0 heterocycles. The molecule has 114 valence electrons. The molecule has 7 nitrogen and oxygen atoms in total. The Hall–Kier alpha value is -2.26. The second-order valence-electron chi connectivity index (χ2n) is 4.75. The number of anilines is 1. The first-order valence-electron chi connectivity index (χ1n) is 6.29. The minimum absolute atomic E-state index is 0.0431.